The molecule has 3 atom stereocenters. The number of carbonyl (C=O) groups excluding carboxylic acids is 2. The molecule has 0 saturated heterocycles. The van der Waals surface area contributed by atoms with Gasteiger partial charge in [-0.05, 0) is 62.2 Å². The van der Waals surface area contributed by atoms with Gasteiger partial charge in [0.2, 0.25) is 12.2 Å². The fraction of sp³-hybridized carbons (Fsp3) is 0.947. The maximum absolute atomic E-state index is 10.2. The molecule has 3 unspecified atom stereocenters. The van der Waals surface area contributed by atoms with Gasteiger partial charge in [-0.2, -0.15) is 0 Å². The number of isocyanates is 2. The minimum atomic E-state index is 0.639. The van der Waals surface area contributed by atoms with Gasteiger partial charge in [0.15, 0.2) is 0 Å². The van der Waals surface area contributed by atoms with Crippen LogP contribution in [0.2, 0.25) is 0 Å². The van der Waals surface area contributed by atoms with E-state index in [0.717, 1.165) is 24.7 Å². The Hall–Kier alpha value is -1.24. The standard InChI is InChI=1S/C38H70N2O2/c1-3-5-7-16-22-29-38(28-21-6-4-2)30-27-36(25-19-14-10-8-12-17-23-31-39-34-41)37(33-38)26-20-15-11-9-13-18-24-32-40-35-42/h36-37H,3-33H2,1-2H3. The summed E-state index contributed by atoms with van der Waals surface area (Å²) in [5.74, 6) is 1.92. The van der Waals surface area contributed by atoms with Crippen LogP contribution >= 0.6 is 0 Å². The van der Waals surface area contributed by atoms with Gasteiger partial charge in [0.25, 0.3) is 0 Å². The highest BCUT2D eigenvalue weighted by atomic mass is 16.1. The third-order valence-electron chi connectivity index (χ3n) is 10.3. The van der Waals surface area contributed by atoms with E-state index < -0.39 is 0 Å². The van der Waals surface area contributed by atoms with E-state index >= 15 is 0 Å². The van der Waals surface area contributed by atoms with Gasteiger partial charge in [0, 0.05) is 0 Å². The van der Waals surface area contributed by atoms with Crippen molar-refractivity contribution in [2.75, 3.05) is 13.1 Å². The Morgan fingerprint density at radius 3 is 1.45 bits per heavy atom. The summed E-state index contributed by atoms with van der Waals surface area (Å²) in [7, 11) is 0. The summed E-state index contributed by atoms with van der Waals surface area (Å²) in [5, 5.41) is 0. The summed E-state index contributed by atoms with van der Waals surface area (Å²) in [6.45, 7) is 6.00. The minimum Gasteiger partial charge on any atom is -0.211 e. The van der Waals surface area contributed by atoms with Gasteiger partial charge in [0.05, 0.1) is 13.1 Å². The molecule has 0 spiro atoms. The molecule has 0 amide bonds. The van der Waals surface area contributed by atoms with Gasteiger partial charge in [-0.3, -0.25) is 0 Å². The number of nitrogens with zero attached hydrogens (tertiary/aromatic N) is 2. The number of hydrogen-bond donors (Lipinski definition) is 0. The molecule has 0 aromatic heterocycles. The molecular weight excluding hydrogens is 516 g/mol. The number of unbranched alkanes of at least 4 members (excludes halogenated alkanes) is 18. The summed E-state index contributed by atoms with van der Waals surface area (Å²) in [5.41, 5.74) is 0.639. The Bertz CT molecular complexity index is 697. The van der Waals surface area contributed by atoms with Crippen LogP contribution in [0, 0.1) is 17.3 Å². The molecule has 244 valence electrons. The second-order valence-corrected chi connectivity index (χ2v) is 13.9. The van der Waals surface area contributed by atoms with Crippen molar-refractivity contribution in [1.29, 1.82) is 0 Å². The molecule has 1 rings (SSSR count). The van der Waals surface area contributed by atoms with Crippen LogP contribution in [0.3, 0.4) is 0 Å². The van der Waals surface area contributed by atoms with Crippen molar-refractivity contribution in [1.82, 2.24) is 0 Å². The first-order valence-corrected chi connectivity index (χ1v) is 18.8. The molecule has 1 aliphatic carbocycles. The van der Waals surface area contributed by atoms with Crippen LogP contribution < -0.4 is 0 Å². The fourth-order valence-corrected chi connectivity index (χ4v) is 7.76. The van der Waals surface area contributed by atoms with Crippen molar-refractivity contribution in [3.8, 4) is 0 Å². The fourth-order valence-electron chi connectivity index (χ4n) is 7.76. The van der Waals surface area contributed by atoms with Crippen LogP contribution in [0.15, 0.2) is 9.98 Å². The van der Waals surface area contributed by atoms with Gasteiger partial charge >= 0.3 is 0 Å². The van der Waals surface area contributed by atoms with Gasteiger partial charge in [-0.1, -0.05) is 155 Å². The summed E-state index contributed by atoms with van der Waals surface area (Å²) < 4.78 is 0. The maximum Gasteiger partial charge on any atom is 0.234 e. The van der Waals surface area contributed by atoms with Crippen molar-refractivity contribution in [2.24, 2.45) is 27.2 Å². The summed E-state index contributed by atoms with van der Waals surface area (Å²) in [4.78, 5) is 27.7. The molecule has 0 heterocycles. The minimum absolute atomic E-state index is 0.639. The monoisotopic (exact) mass is 587 g/mol. The van der Waals surface area contributed by atoms with Crippen LogP contribution in [0.4, 0.5) is 0 Å². The van der Waals surface area contributed by atoms with Crippen LogP contribution in [0.5, 0.6) is 0 Å². The largest absolute Gasteiger partial charge is 0.234 e. The lowest BCUT2D eigenvalue weighted by atomic mass is 9.59. The van der Waals surface area contributed by atoms with Crippen LogP contribution in [-0.4, -0.2) is 25.2 Å². The lowest BCUT2D eigenvalue weighted by Crippen LogP contribution is -2.34. The van der Waals surface area contributed by atoms with Crippen molar-refractivity contribution in [3.63, 3.8) is 0 Å². The van der Waals surface area contributed by atoms with E-state index in [1.54, 1.807) is 12.2 Å². The molecular formula is C38H70N2O2. The second-order valence-electron chi connectivity index (χ2n) is 13.9. The van der Waals surface area contributed by atoms with Crippen LogP contribution in [0.25, 0.3) is 0 Å². The molecule has 42 heavy (non-hydrogen) atoms. The smallest absolute Gasteiger partial charge is 0.211 e. The van der Waals surface area contributed by atoms with Crippen molar-refractivity contribution < 1.29 is 9.59 Å². The zero-order valence-electron chi connectivity index (χ0n) is 28.3. The zero-order chi connectivity index (χ0) is 30.4. The average Bonchev–Trinajstić information content (AvgIpc) is 3.00. The molecule has 0 N–H and O–H groups in total. The molecule has 0 aliphatic heterocycles. The lowest BCUT2D eigenvalue weighted by molar-refractivity contribution is 0.0536. The molecule has 1 fully saturated rings. The second kappa shape index (κ2) is 28.5. The molecule has 4 nitrogen and oxygen atoms in total. The van der Waals surface area contributed by atoms with E-state index in [1.165, 1.54) is 173 Å². The van der Waals surface area contributed by atoms with Crippen molar-refractivity contribution >= 4 is 12.2 Å². The molecule has 4 heteroatoms. The Morgan fingerprint density at radius 2 is 0.929 bits per heavy atom. The van der Waals surface area contributed by atoms with Crippen molar-refractivity contribution in [3.05, 3.63) is 0 Å². The summed E-state index contributed by atoms with van der Waals surface area (Å²) in [6.07, 6.45) is 43.1. The summed E-state index contributed by atoms with van der Waals surface area (Å²) in [6, 6.07) is 0. The molecule has 1 saturated carbocycles. The normalized spacial score (nSPS) is 20.2. The van der Waals surface area contributed by atoms with E-state index in [0.29, 0.717) is 18.5 Å². The Balaban J connectivity index is 2.56. The summed E-state index contributed by atoms with van der Waals surface area (Å²) >= 11 is 0. The predicted molar refractivity (Wildman–Crippen MR) is 181 cm³/mol. The highest BCUT2D eigenvalue weighted by molar-refractivity contribution is 5.32. The van der Waals surface area contributed by atoms with E-state index in [2.05, 4.69) is 23.8 Å². The highest BCUT2D eigenvalue weighted by Gasteiger charge is 2.39. The van der Waals surface area contributed by atoms with E-state index in [-0.39, 0.29) is 0 Å². The molecule has 0 aromatic rings. The lowest BCUT2D eigenvalue weighted by Gasteiger charge is -2.46. The molecule has 0 bridgehead atoms. The SMILES string of the molecule is CCCCCCCC1(CCCCC)CCC(CCCCCCCCCN=C=O)C(CCCCCCCCCN=C=O)C1. The van der Waals surface area contributed by atoms with Crippen LogP contribution in [-0.2, 0) is 9.59 Å². The molecule has 1 aliphatic rings. The Kier molecular flexibility index (Phi) is 26.3. The third kappa shape index (κ3) is 20.6. The van der Waals surface area contributed by atoms with Gasteiger partial charge < -0.3 is 0 Å². The predicted octanol–water partition coefficient (Wildman–Crippen LogP) is 12.2. The zero-order valence-corrected chi connectivity index (χ0v) is 28.3. The number of hydrogen-bond acceptors (Lipinski definition) is 4. The van der Waals surface area contributed by atoms with E-state index in [9.17, 15) is 9.59 Å². The average molecular weight is 587 g/mol. The van der Waals surface area contributed by atoms with Gasteiger partial charge in [-0.25, -0.2) is 19.6 Å². The van der Waals surface area contributed by atoms with Gasteiger partial charge in [0.1, 0.15) is 0 Å². The highest BCUT2D eigenvalue weighted by Crippen LogP contribution is 2.51. The van der Waals surface area contributed by atoms with Crippen molar-refractivity contribution in [2.45, 2.75) is 200 Å². The first-order chi connectivity index (χ1) is 20.7. The third-order valence-corrected chi connectivity index (χ3v) is 10.3. The topological polar surface area (TPSA) is 58.9 Å². The first-order valence-electron chi connectivity index (χ1n) is 18.8. The van der Waals surface area contributed by atoms with E-state index in [1.807, 2.05) is 0 Å². The van der Waals surface area contributed by atoms with Gasteiger partial charge in [-0.15, -0.1) is 0 Å². The Labute approximate surface area is 261 Å². The van der Waals surface area contributed by atoms with Crippen LogP contribution in [0.1, 0.15) is 200 Å². The quantitative estimate of drug-likeness (QED) is 0.0477. The van der Waals surface area contributed by atoms with E-state index in [4.69, 9.17) is 0 Å². The maximum atomic E-state index is 10.2. The first kappa shape index (κ1) is 38.8. The number of aliphatic imine (C=N–C) groups is 2. The number of rotatable bonds is 30. The molecule has 0 radical (unpaired) electrons. The Morgan fingerprint density at radius 1 is 0.524 bits per heavy atom. The molecule has 0 aromatic carbocycles.